The Hall–Kier alpha value is -1.81. The van der Waals surface area contributed by atoms with Crippen LogP contribution in [0.5, 0.6) is 5.75 Å². The van der Waals surface area contributed by atoms with Crippen LogP contribution >= 0.6 is 11.6 Å². The molecule has 0 radical (unpaired) electrons. The van der Waals surface area contributed by atoms with Crippen molar-refractivity contribution >= 4 is 28.5 Å². The summed E-state index contributed by atoms with van der Waals surface area (Å²) in [6.45, 7) is 4.48. The summed E-state index contributed by atoms with van der Waals surface area (Å²) in [5.74, 6) is 0.182. The monoisotopic (exact) mass is 279 g/mol. The first-order chi connectivity index (χ1) is 9.19. The molecule has 0 amide bonds. The van der Waals surface area contributed by atoms with E-state index in [-0.39, 0.29) is 5.56 Å². The Bertz CT molecular complexity index is 613. The highest BCUT2D eigenvalue weighted by Crippen LogP contribution is 2.31. The largest absolute Gasteiger partial charge is 0.492 e. The highest BCUT2D eigenvalue weighted by Gasteiger charge is 2.16. The second-order valence-electron chi connectivity index (χ2n) is 3.79. The average Bonchev–Trinajstić information content (AvgIpc) is 2.40. The molecule has 0 aliphatic rings. The smallest absolute Gasteiger partial charge is 0.341 e. The van der Waals surface area contributed by atoms with E-state index >= 15 is 0 Å². The van der Waals surface area contributed by atoms with Gasteiger partial charge in [-0.05, 0) is 19.9 Å². The van der Waals surface area contributed by atoms with Crippen LogP contribution in [0.15, 0.2) is 24.4 Å². The van der Waals surface area contributed by atoms with Gasteiger partial charge in [-0.15, -0.1) is 0 Å². The number of ether oxygens (including phenoxy) is 2. The van der Waals surface area contributed by atoms with Crippen LogP contribution in [0, 0.1) is 0 Å². The highest BCUT2D eigenvalue weighted by atomic mass is 35.5. The van der Waals surface area contributed by atoms with Crippen molar-refractivity contribution in [3.05, 3.63) is 35.0 Å². The number of benzene rings is 1. The molecule has 2 aromatic rings. The third-order valence-corrected chi connectivity index (χ3v) is 3.00. The molecule has 0 saturated carbocycles. The lowest BCUT2D eigenvalue weighted by Gasteiger charge is -2.10. The summed E-state index contributed by atoms with van der Waals surface area (Å²) < 4.78 is 10.4. The van der Waals surface area contributed by atoms with Crippen molar-refractivity contribution in [2.45, 2.75) is 13.8 Å². The van der Waals surface area contributed by atoms with Gasteiger partial charge in [-0.3, -0.25) is 4.98 Å². The average molecular weight is 280 g/mol. The molecule has 4 nitrogen and oxygen atoms in total. The fraction of sp³-hybridized carbons (Fsp3) is 0.286. The van der Waals surface area contributed by atoms with Gasteiger partial charge in [-0.1, -0.05) is 23.7 Å². The second kappa shape index (κ2) is 5.89. The van der Waals surface area contributed by atoms with Gasteiger partial charge >= 0.3 is 5.97 Å². The van der Waals surface area contributed by atoms with E-state index in [9.17, 15) is 4.79 Å². The molecule has 0 atom stereocenters. The molecule has 0 unspecified atom stereocenters. The maximum Gasteiger partial charge on any atom is 0.341 e. The summed E-state index contributed by atoms with van der Waals surface area (Å²) >= 11 is 6.25. The number of hydrogen-bond acceptors (Lipinski definition) is 4. The Balaban J connectivity index is 2.56. The number of nitrogens with zero attached hydrogens (tertiary/aromatic N) is 1. The third-order valence-electron chi connectivity index (χ3n) is 2.59. The summed E-state index contributed by atoms with van der Waals surface area (Å²) in [6, 6.07) is 5.44. The fourth-order valence-corrected chi connectivity index (χ4v) is 2.07. The maximum atomic E-state index is 11.7. The lowest BCUT2D eigenvalue weighted by atomic mass is 10.1. The Kier molecular flexibility index (Phi) is 4.22. The molecule has 100 valence electrons. The highest BCUT2D eigenvalue weighted by molar-refractivity contribution is 6.38. The van der Waals surface area contributed by atoms with Crippen LogP contribution in [0.2, 0.25) is 5.02 Å². The first-order valence-corrected chi connectivity index (χ1v) is 6.44. The van der Waals surface area contributed by atoms with E-state index in [1.54, 1.807) is 13.0 Å². The Morgan fingerprint density at radius 1 is 1.32 bits per heavy atom. The number of hydrogen-bond donors (Lipinski definition) is 0. The number of aromatic nitrogens is 1. The standard InChI is InChI=1S/C14H14ClNO3/c1-3-18-11-7-5-6-9-12(15)10(8-16-13(9)11)14(17)19-4-2/h5-8H,3-4H2,1-2H3. The minimum Gasteiger partial charge on any atom is -0.492 e. The predicted octanol–water partition coefficient (Wildman–Crippen LogP) is 3.46. The number of halogens is 1. The van der Waals surface area contributed by atoms with Crippen LogP contribution in [0.4, 0.5) is 0 Å². The molecule has 2 rings (SSSR count). The van der Waals surface area contributed by atoms with Crippen LogP contribution in [-0.4, -0.2) is 24.2 Å². The number of pyridine rings is 1. The van der Waals surface area contributed by atoms with E-state index in [1.165, 1.54) is 6.20 Å². The lowest BCUT2D eigenvalue weighted by Crippen LogP contribution is -2.06. The van der Waals surface area contributed by atoms with Crippen LogP contribution in [0.1, 0.15) is 24.2 Å². The first kappa shape index (κ1) is 13.6. The number of carbonyl (C=O) groups is 1. The van der Waals surface area contributed by atoms with E-state index < -0.39 is 5.97 Å². The minimum atomic E-state index is -0.469. The zero-order valence-electron chi connectivity index (χ0n) is 10.8. The number of rotatable bonds is 4. The third kappa shape index (κ3) is 2.63. The Labute approximate surface area is 116 Å². The zero-order valence-corrected chi connectivity index (χ0v) is 11.5. The van der Waals surface area contributed by atoms with Crippen molar-refractivity contribution in [3.8, 4) is 5.75 Å². The van der Waals surface area contributed by atoms with E-state index in [0.29, 0.717) is 34.9 Å². The van der Waals surface area contributed by atoms with E-state index in [4.69, 9.17) is 21.1 Å². The molecule has 0 spiro atoms. The summed E-state index contributed by atoms with van der Waals surface area (Å²) in [6.07, 6.45) is 1.42. The van der Waals surface area contributed by atoms with Gasteiger partial charge in [0.1, 0.15) is 11.3 Å². The SMILES string of the molecule is CCOC(=O)c1cnc2c(OCC)cccc2c1Cl. The zero-order chi connectivity index (χ0) is 13.8. The Morgan fingerprint density at radius 2 is 2.11 bits per heavy atom. The van der Waals surface area contributed by atoms with Gasteiger partial charge in [0.15, 0.2) is 0 Å². The van der Waals surface area contributed by atoms with Crippen molar-refractivity contribution in [1.29, 1.82) is 0 Å². The number of para-hydroxylation sites is 1. The van der Waals surface area contributed by atoms with Gasteiger partial charge in [0, 0.05) is 11.6 Å². The first-order valence-electron chi connectivity index (χ1n) is 6.06. The normalized spacial score (nSPS) is 10.5. The molecule has 1 aromatic carbocycles. The maximum absolute atomic E-state index is 11.7. The molecule has 1 aromatic heterocycles. The molecule has 0 N–H and O–H groups in total. The van der Waals surface area contributed by atoms with Gasteiger partial charge in [-0.25, -0.2) is 4.79 Å². The van der Waals surface area contributed by atoms with Crippen molar-refractivity contribution < 1.29 is 14.3 Å². The molecular formula is C14H14ClNO3. The molecule has 0 fully saturated rings. The van der Waals surface area contributed by atoms with Crippen LogP contribution in [0.3, 0.4) is 0 Å². The molecule has 0 aliphatic heterocycles. The molecule has 5 heteroatoms. The van der Waals surface area contributed by atoms with Crippen LogP contribution in [0.25, 0.3) is 10.9 Å². The van der Waals surface area contributed by atoms with Crippen LogP contribution < -0.4 is 4.74 Å². The fourth-order valence-electron chi connectivity index (χ4n) is 1.79. The van der Waals surface area contributed by atoms with E-state index in [0.717, 1.165) is 0 Å². The van der Waals surface area contributed by atoms with Gasteiger partial charge in [-0.2, -0.15) is 0 Å². The molecule has 19 heavy (non-hydrogen) atoms. The van der Waals surface area contributed by atoms with Gasteiger partial charge in [0.25, 0.3) is 0 Å². The van der Waals surface area contributed by atoms with E-state index in [2.05, 4.69) is 4.98 Å². The topological polar surface area (TPSA) is 48.4 Å². The van der Waals surface area contributed by atoms with Crippen molar-refractivity contribution in [2.75, 3.05) is 13.2 Å². The lowest BCUT2D eigenvalue weighted by molar-refractivity contribution is 0.0526. The number of esters is 1. The molecular weight excluding hydrogens is 266 g/mol. The number of fused-ring (bicyclic) bond motifs is 1. The summed E-state index contributed by atoms with van der Waals surface area (Å²) in [5.41, 5.74) is 0.909. The van der Waals surface area contributed by atoms with Gasteiger partial charge in [0.05, 0.1) is 23.8 Å². The summed E-state index contributed by atoms with van der Waals surface area (Å²) in [5, 5.41) is 1.02. The van der Waals surface area contributed by atoms with Crippen molar-refractivity contribution in [2.24, 2.45) is 0 Å². The van der Waals surface area contributed by atoms with E-state index in [1.807, 2.05) is 19.1 Å². The van der Waals surface area contributed by atoms with Crippen molar-refractivity contribution in [3.63, 3.8) is 0 Å². The molecule has 0 aliphatic carbocycles. The predicted molar refractivity (Wildman–Crippen MR) is 73.9 cm³/mol. The minimum absolute atomic E-state index is 0.268. The quantitative estimate of drug-likeness (QED) is 0.804. The Morgan fingerprint density at radius 3 is 2.79 bits per heavy atom. The summed E-state index contributed by atoms with van der Waals surface area (Å²) in [4.78, 5) is 16.0. The second-order valence-corrected chi connectivity index (χ2v) is 4.17. The van der Waals surface area contributed by atoms with Gasteiger partial charge in [0.2, 0.25) is 0 Å². The van der Waals surface area contributed by atoms with Crippen LogP contribution in [-0.2, 0) is 4.74 Å². The summed E-state index contributed by atoms with van der Waals surface area (Å²) in [7, 11) is 0. The van der Waals surface area contributed by atoms with Gasteiger partial charge < -0.3 is 9.47 Å². The molecule has 0 saturated heterocycles. The number of carbonyl (C=O) groups excluding carboxylic acids is 1. The van der Waals surface area contributed by atoms with Crippen molar-refractivity contribution in [1.82, 2.24) is 4.98 Å². The molecule has 1 heterocycles. The molecule has 0 bridgehead atoms.